The zero-order chi connectivity index (χ0) is 11.8. The lowest BCUT2D eigenvalue weighted by atomic mass is 10.2. The molecule has 1 unspecified atom stereocenters. The van der Waals surface area contributed by atoms with E-state index in [1.807, 2.05) is 0 Å². The fourth-order valence-corrected chi connectivity index (χ4v) is 1.78. The van der Waals surface area contributed by atoms with Crippen molar-refractivity contribution in [2.75, 3.05) is 13.2 Å². The Morgan fingerprint density at radius 3 is 3.00 bits per heavy atom. The Morgan fingerprint density at radius 1 is 1.56 bits per heavy atom. The molecule has 1 heterocycles. The van der Waals surface area contributed by atoms with Crippen LogP contribution >= 0.6 is 12.2 Å². The van der Waals surface area contributed by atoms with E-state index < -0.39 is 0 Å². The summed E-state index contributed by atoms with van der Waals surface area (Å²) < 4.78 is 5.44. The Bertz CT molecular complexity index is 240. The van der Waals surface area contributed by atoms with E-state index in [4.69, 9.17) is 17.0 Å². The monoisotopic (exact) mass is 244 g/mol. The highest BCUT2D eigenvalue weighted by Crippen LogP contribution is 2.10. The molecule has 0 spiro atoms. The molecule has 4 nitrogen and oxygen atoms in total. The van der Waals surface area contributed by atoms with Gasteiger partial charge in [0, 0.05) is 19.6 Å². The van der Waals surface area contributed by atoms with Crippen LogP contribution in [-0.4, -0.2) is 30.3 Å². The summed E-state index contributed by atoms with van der Waals surface area (Å²) in [6.07, 6.45) is 4.88. The largest absolute Gasteiger partial charge is 0.376 e. The van der Waals surface area contributed by atoms with Crippen LogP contribution < -0.4 is 10.6 Å². The second-order valence-corrected chi connectivity index (χ2v) is 4.41. The zero-order valence-electron chi connectivity index (χ0n) is 9.75. The number of carbonyl (C=O) groups is 1. The van der Waals surface area contributed by atoms with Crippen LogP contribution in [0.1, 0.15) is 39.0 Å². The SMILES string of the molecule is CCCCC(=O)NC(=S)NCC1CCCO1. The molecule has 1 aliphatic rings. The molecule has 0 aliphatic carbocycles. The predicted octanol–water partition coefficient (Wildman–Crippen LogP) is 1.35. The maximum Gasteiger partial charge on any atom is 0.226 e. The third-order valence-electron chi connectivity index (χ3n) is 2.52. The summed E-state index contributed by atoms with van der Waals surface area (Å²) in [5, 5.41) is 6.08. The summed E-state index contributed by atoms with van der Waals surface area (Å²) >= 11 is 5.02. The molecule has 1 amide bonds. The molecule has 1 aliphatic heterocycles. The highest BCUT2D eigenvalue weighted by molar-refractivity contribution is 7.80. The van der Waals surface area contributed by atoms with Gasteiger partial charge in [-0.05, 0) is 31.5 Å². The molecular weight excluding hydrogens is 224 g/mol. The Balaban J connectivity index is 2.07. The first-order chi connectivity index (χ1) is 7.72. The van der Waals surface area contributed by atoms with E-state index in [1.165, 1.54) is 0 Å². The van der Waals surface area contributed by atoms with Crippen molar-refractivity contribution in [2.45, 2.75) is 45.1 Å². The topological polar surface area (TPSA) is 50.4 Å². The van der Waals surface area contributed by atoms with Gasteiger partial charge in [0.05, 0.1) is 6.10 Å². The average Bonchev–Trinajstić information content (AvgIpc) is 2.76. The van der Waals surface area contributed by atoms with E-state index in [2.05, 4.69) is 17.6 Å². The Hall–Kier alpha value is -0.680. The third-order valence-corrected chi connectivity index (χ3v) is 2.77. The fourth-order valence-electron chi connectivity index (χ4n) is 1.58. The lowest BCUT2D eigenvalue weighted by Gasteiger charge is -2.13. The molecular formula is C11H20N2O2S. The van der Waals surface area contributed by atoms with Gasteiger partial charge in [-0.25, -0.2) is 0 Å². The number of rotatable bonds is 5. The van der Waals surface area contributed by atoms with E-state index in [0.717, 1.165) is 32.3 Å². The first-order valence-electron chi connectivity index (χ1n) is 5.91. The molecule has 0 aromatic heterocycles. The Morgan fingerprint density at radius 2 is 2.38 bits per heavy atom. The summed E-state index contributed by atoms with van der Waals surface area (Å²) in [7, 11) is 0. The number of nitrogens with one attached hydrogen (secondary N) is 2. The number of hydrogen-bond donors (Lipinski definition) is 2. The van der Waals surface area contributed by atoms with Crippen LogP contribution in [0.3, 0.4) is 0 Å². The van der Waals surface area contributed by atoms with Gasteiger partial charge in [0.15, 0.2) is 5.11 Å². The predicted molar refractivity (Wildman–Crippen MR) is 67.2 cm³/mol. The van der Waals surface area contributed by atoms with E-state index in [-0.39, 0.29) is 12.0 Å². The molecule has 5 heteroatoms. The maximum atomic E-state index is 11.3. The lowest BCUT2D eigenvalue weighted by molar-refractivity contribution is -0.119. The highest BCUT2D eigenvalue weighted by Gasteiger charge is 2.15. The van der Waals surface area contributed by atoms with E-state index in [0.29, 0.717) is 18.1 Å². The molecule has 1 rings (SSSR count). The van der Waals surface area contributed by atoms with Crippen molar-refractivity contribution in [1.29, 1.82) is 0 Å². The Kier molecular flexibility index (Phi) is 6.33. The van der Waals surface area contributed by atoms with Gasteiger partial charge in [-0.15, -0.1) is 0 Å². The summed E-state index contributed by atoms with van der Waals surface area (Å²) in [6, 6.07) is 0. The van der Waals surface area contributed by atoms with Gasteiger partial charge in [-0.3, -0.25) is 4.79 Å². The first kappa shape index (κ1) is 13.4. The smallest absolute Gasteiger partial charge is 0.226 e. The minimum absolute atomic E-state index is 0.00769. The Labute approximate surface area is 102 Å². The van der Waals surface area contributed by atoms with Crippen molar-refractivity contribution in [3.63, 3.8) is 0 Å². The van der Waals surface area contributed by atoms with Crippen LogP contribution in [-0.2, 0) is 9.53 Å². The van der Waals surface area contributed by atoms with Crippen molar-refractivity contribution in [3.8, 4) is 0 Å². The van der Waals surface area contributed by atoms with Gasteiger partial charge in [0.25, 0.3) is 0 Å². The molecule has 0 aromatic carbocycles. The van der Waals surface area contributed by atoms with Gasteiger partial charge < -0.3 is 15.4 Å². The van der Waals surface area contributed by atoms with Crippen molar-refractivity contribution >= 4 is 23.2 Å². The molecule has 0 saturated carbocycles. The van der Waals surface area contributed by atoms with Crippen LogP contribution in [0.15, 0.2) is 0 Å². The van der Waals surface area contributed by atoms with Crippen LogP contribution in [0.2, 0.25) is 0 Å². The minimum atomic E-state index is -0.00769. The van der Waals surface area contributed by atoms with E-state index in [9.17, 15) is 4.79 Å². The molecule has 0 radical (unpaired) electrons. The number of thiocarbonyl (C=S) groups is 1. The molecule has 1 atom stereocenters. The van der Waals surface area contributed by atoms with Crippen LogP contribution in [0, 0.1) is 0 Å². The summed E-state index contributed by atoms with van der Waals surface area (Å²) in [4.78, 5) is 11.3. The van der Waals surface area contributed by atoms with E-state index >= 15 is 0 Å². The van der Waals surface area contributed by atoms with Crippen molar-refractivity contribution in [3.05, 3.63) is 0 Å². The standard InChI is InChI=1S/C11H20N2O2S/c1-2-3-6-10(14)13-11(16)12-8-9-5-4-7-15-9/h9H,2-8H2,1H3,(H2,12,13,14,16). The number of ether oxygens (including phenoxy) is 1. The molecule has 16 heavy (non-hydrogen) atoms. The van der Waals surface area contributed by atoms with Crippen molar-refractivity contribution < 1.29 is 9.53 Å². The van der Waals surface area contributed by atoms with Crippen molar-refractivity contribution in [2.24, 2.45) is 0 Å². The number of unbranched alkanes of at least 4 members (excludes halogenated alkanes) is 1. The highest BCUT2D eigenvalue weighted by atomic mass is 32.1. The van der Waals surface area contributed by atoms with Gasteiger partial charge >= 0.3 is 0 Å². The third kappa shape index (κ3) is 5.42. The maximum absolute atomic E-state index is 11.3. The van der Waals surface area contributed by atoms with Gasteiger partial charge in [-0.1, -0.05) is 13.3 Å². The quantitative estimate of drug-likeness (QED) is 0.717. The average molecular weight is 244 g/mol. The van der Waals surface area contributed by atoms with Crippen LogP contribution in [0.5, 0.6) is 0 Å². The minimum Gasteiger partial charge on any atom is -0.376 e. The molecule has 0 bridgehead atoms. The zero-order valence-corrected chi connectivity index (χ0v) is 10.6. The summed E-state index contributed by atoms with van der Waals surface area (Å²) in [5.41, 5.74) is 0. The van der Waals surface area contributed by atoms with Gasteiger partial charge in [-0.2, -0.15) is 0 Å². The molecule has 2 N–H and O–H groups in total. The van der Waals surface area contributed by atoms with Crippen LogP contribution in [0.4, 0.5) is 0 Å². The lowest BCUT2D eigenvalue weighted by Crippen LogP contribution is -2.42. The van der Waals surface area contributed by atoms with E-state index in [1.54, 1.807) is 0 Å². The van der Waals surface area contributed by atoms with Gasteiger partial charge in [0.1, 0.15) is 0 Å². The fraction of sp³-hybridized carbons (Fsp3) is 0.818. The summed E-state index contributed by atoms with van der Waals surface area (Å²) in [6.45, 7) is 3.58. The summed E-state index contributed by atoms with van der Waals surface area (Å²) in [5.74, 6) is -0.00769. The molecule has 0 aromatic rings. The number of carbonyl (C=O) groups excluding carboxylic acids is 1. The number of amides is 1. The normalized spacial score (nSPS) is 19.4. The molecule has 1 saturated heterocycles. The first-order valence-corrected chi connectivity index (χ1v) is 6.32. The molecule has 1 fully saturated rings. The number of hydrogen-bond acceptors (Lipinski definition) is 3. The van der Waals surface area contributed by atoms with Gasteiger partial charge in [0.2, 0.25) is 5.91 Å². The second-order valence-electron chi connectivity index (χ2n) is 4.00. The van der Waals surface area contributed by atoms with Crippen LogP contribution in [0.25, 0.3) is 0 Å². The molecule has 92 valence electrons. The second kappa shape index (κ2) is 7.57. The van der Waals surface area contributed by atoms with Crippen molar-refractivity contribution in [1.82, 2.24) is 10.6 Å².